The summed E-state index contributed by atoms with van der Waals surface area (Å²) in [5.74, 6) is 0.356. The van der Waals surface area contributed by atoms with Crippen molar-refractivity contribution in [1.82, 2.24) is 4.90 Å². The molecule has 1 N–H and O–H groups in total. The van der Waals surface area contributed by atoms with Gasteiger partial charge in [-0.25, -0.2) is 4.79 Å². The molecular weight excluding hydrogens is 344 g/mol. The SMILES string of the molecule is COc1ccc(NC(=O)C2CCN(C(=O)OC(C)(C)C)CC2)cc1Cl. The average molecular weight is 369 g/mol. The summed E-state index contributed by atoms with van der Waals surface area (Å²) in [4.78, 5) is 26.1. The molecule has 0 aliphatic carbocycles. The lowest BCUT2D eigenvalue weighted by atomic mass is 9.96. The van der Waals surface area contributed by atoms with Crippen LogP contribution in [0.15, 0.2) is 18.2 Å². The number of halogens is 1. The van der Waals surface area contributed by atoms with Gasteiger partial charge in [-0.05, 0) is 51.8 Å². The van der Waals surface area contributed by atoms with Gasteiger partial charge in [0.1, 0.15) is 11.4 Å². The molecule has 0 radical (unpaired) electrons. The Morgan fingerprint density at radius 2 is 1.88 bits per heavy atom. The van der Waals surface area contributed by atoms with E-state index in [1.54, 1.807) is 23.1 Å². The summed E-state index contributed by atoms with van der Waals surface area (Å²) in [6.45, 7) is 6.54. The Labute approximate surface area is 153 Å². The molecule has 1 heterocycles. The Bertz CT molecular complexity index is 634. The number of hydrogen-bond donors (Lipinski definition) is 1. The number of likely N-dealkylation sites (tertiary alicyclic amines) is 1. The quantitative estimate of drug-likeness (QED) is 0.877. The van der Waals surface area contributed by atoms with Gasteiger partial charge >= 0.3 is 6.09 Å². The molecule has 2 amide bonds. The Kier molecular flexibility index (Phi) is 6.16. The number of carbonyl (C=O) groups excluding carboxylic acids is 2. The molecule has 0 atom stereocenters. The lowest BCUT2D eigenvalue weighted by Crippen LogP contribution is -2.43. The van der Waals surface area contributed by atoms with Gasteiger partial charge in [-0.1, -0.05) is 11.6 Å². The molecule has 6 nitrogen and oxygen atoms in total. The van der Waals surface area contributed by atoms with Gasteiger partial charge in [-0.3, -0.25) is 4.79 Å². The highest BCUT2D eigenvalue weighted by molar-refractivity contribution is 6.32. The number of nitrogens with one attached hydrogen (secondary N) is 1. The van der Waals surface area contributed by atoms with Crippen LogP contribution < -0.4 is 10.1 Å². The Hall–Kier alpha value is -1.95. The van der Waals surface area contributed by atoms with Crippen LogP contribution in [0.5, 0.6) is 5.75 Å². The van der Waals surface area contributed by atoms with Crippen LogP contribution in [0.4, 0.5) is 10.5 Å². The molecule has 0 spiro atoms. The maximum atomic E-state index is 12.4. The molecule has 0 bridgehead atoms. The molecule has 25 heavy (non-hydrogen) atoms. The highest BCUT2D eigenvalue weighted by Gasteiger charge is 2.30. The topological polar surface area (TPSA) is 67.9 Å². The maximum absolute atomic E-state index is 12.4. The van der Waals surface area contributed by atoms with E-state index in [1.165, 1.54) is 7.11 Å². The van der Waals surface area contributed by atoms with Crippen molar-refractivity contribution >= 4 is 29.3 Å². The fourth-order valence-electron chi connectivity index (χ4n) is 2.64. The minimum atomic E-state index is -0.515. The first kappa shape index (κ1) is 19.4. The molecule has 2 rings (SSSR count). The van der Waals surface area contributed by atoms with Crippen LogP contribution in [-0.4, -0.2) is 42.7 Å². The summed E-state index contributed by atoms with van der Waals surface area (Å²) < 4.78 is 10.5. The predicted molar refractivity (Wildman–Crippen MR) is 97.2 cm³/mol. The van der Waals surface area contributed by atoms with E-state index in [0.717, 1.165) is 0 Å². The smallest absolute Gasteiger partial charge is 0.410 e. The van der Waals surface area contributed by atoms with Crippen molar-refractivity contribution in [2.24, 2.45) is 5.92 Å². The van der Waals surface area contributed by atoms with Gasteiger partial charge in [0, 0.05) is 24.7 Å². The molecule has 0 unspecified atom stereocenters. The van der Waals surface area contributed by atoms with Crippen LogP contribution in [0.1, 0.15) is 33.6 Å². The van der Waals surface area contributed by atoms with Crippen molar-refractivity contribution in [3.05, 3.63) is 23.2 Å². The van der Waals surface area contributed by atoms with E-state index in [4.69, 9.17) is 21.1 Å². The first-order valence-corrected chi connectivity index (χ1v) is 8.70. The van der Waals surface area contributed by atoms with Crippen LogP contribution in [-0.2, 0) is 9.53 Å². The van der Waals surface area contributed by atoms with Crippen LogP contribution in [0, 0.1) is 5.92 Å². The third kappa shape index (κ3) is 5.53. The van der Waals surface area contributed by atoms with E-state index in [2.05, 4.69) is 5.32 Å². The molecule has 1 aromatic rings. The molecule has 1 aliphatic rings. The first-order chi connectivity index (χ1) is 11.7. The molecule has 7 heteroatoms. The van der Waals surface area contributed by atoms with Crippen molar-refractivity contribution in [3.8, 4) is 5.75 Å². The first-order valence-electron chi connectivity index (χ1n) is 8.32. The summed E-state index contributed by atoms with van der Waals surface area (Å²) in [6.07, 6.45) is 0.887. The minimum absolute atomic E-state index is 0.0647. The third-order valence-corrected chi connectivity index (χ3v) is 4.23. The highest BCUT2D eigenvalue weighted by atomic mass is 35.5. The molecule has 0 saturated carbocycles. The van der Waals surface area contributed by atoms with Gasteiger partial charge in [0.25, 0.3) is 0 Å². The van der Waals surface area contributed by atoms with Gasteiger partial charge in [-0.15, -0.1) is 0 Å². The second-order valence-electron chi connectivity index (χ2n) is 7.08. The molecule has 1 aliphatic heterocycles. The largest absolute Gasteiger partial charge is 0.495 e. The summed E-state index contributed by atoms with van der Waals surface area (Å²) in [5, 5.41) is 3.32. The van der Waals surface area contributed by atoms with Crippen molar-refractivity contribution in [2.45, 2.75) is 39.2 Å². The standard InChI is InChI=1S/C18H25ClN2O4/c1-18(2,3)25-17(23)21-9-7-12(8-10-21)16(22)20-13-5-6-15(24-4)14(19)11-13/h5-6,11-12H,7-10H2,1-4H3,(H,20,22). The van der Waals surface area contributed by atoms with E-state index in [9.17, 15) is 9.59 Å². The molecule has 0 aromatic heterocycles. The number of hydrogen-bond acceptors (Lipinski definition) is 4. The minimum Gasteiger partial charge on any atom is -0.495 e. The fourth-order valence-corrected chi connectivity index (χ4v) is 2.90. The van der Waals surface area contributed by atoms with Gasteiger partial charge in [0.15, 0.2) is 0 Å². The molecular formula is C18H25ClN2O4. The van der Waals surface area contributed by atoms with E-state index in [0.29, 0.717) is 42.4 Å². The van der Waals surface area contributed by atoms with E-state index in [1.807, 2.05) is 20.8 Å². The summed E-state index contributed by atoms with van der Waals surface area (Å²) >= 11 is 6.07. The summed E-state index contributed by atoms with van der Waals surface area (Å²) in [5.41, 5.74) is 0.115. The van der Waals surface area contributed by atoms with Gasteiger partial charge in [0.2, 0.25) is 5.91 Å². The number of methoxy groups -OCH3 is 1. The van der Waals surface area contributed by atoms with Gasteiger partial charge < -0.3 is 19.7 Å². The second kappa shape index (κ2) is 7.95. The van der Waals surface area contributed by atoms with Crippen molar-refractivity contribution in [2.75, 3.05) is 25.5 Å². The lowest BCUT2D eigenvalue weighted by molar-refractivity contribution is -0.121. The third-order valence-electron chi connectivity index (χ3n) is 3.94. The van der Waals surface area contributed by atoms with Crippen molar-refractivity contribution < 1.29 is 19.1 Å². The van der Waals surface area contributed by atoms with Crippen molar-refractivity contribution in [3.63, 3.8) is 0 Å². The molecule has 138 valence electrons. The number of rotatable bonds is 3. The zero-order chi connectivity index (χ0) is 18.6. The van der Waals surface area contributed by atoms with E-state index >= 15 is 0 Å². The lowest BCUT2D eigenvalue weighted by Gasteiger charge is -2.32. The second-order valence-corrected chi connectivity index (χ2v) is 7.49. The van der Waals surface area contributed by atoms with Gasteiger partial charge in [0.05, 0.1) is 12.1 Å². The monoisotopic (exact) mass is 368 g/mol. The van der Waals surface area contributed by atoms with Crippen LogP contribution in [0.3, 0.4) is 0 Å². The number of amides is 2. The Morgan fingerprint density at radius 1 is 1.24 bits per heavy atom. The normalized spacial score (nSPS) is 15.6. The predicted octanol–water partition coefficient (Wildman–Crippen LogP) is 3.93. The van der Waals surface area contributed by atoms with Crippen LogP contribution in [0.2, 0.25) is 5.02 Å². The summed E-state index contributed by atoms with van der Waals surface area (Å²) in [7, 11) is 1.54. The maximum Gasteiger partial charge on any atom is 0.410 e. The van der Waals surface area contributed by atoms with E-state index < -0.39 is 5.60 Å². The zero-order valence-electron chi connectivity index (χ0n) is 15.1. The number of nitrogens with zero attached hydrogens (tertiary/aromatic N) is 1. The number of ether oxygens (including phenoxy) is 2. The molecule has 1 aromatic carbocycles. The number of piperidine rings is 1. The van der Waals surface area contributed by atoms with Crippen molar-refractivity contribution in [1.29, 1.82) is 0 Å². The fraction of sp³-hybridized carbons (Fsp3) is 0.556. The summed E-state index contributed by atoms with van der Waals surface area (Å²) in [6, 6.07) is 5.12. The average Bonchev–Trinajstić information content (AvgIpc) is 2.53. The van der Waals surface area contributed by atoms with Crippen LogP contribution in [0.25, 0.3) is 0 Å². The highest BCUT2D eigenvalue weighted by Crippen LogP contribution is 2.28. The van der Waals surface area contributed by atoms with Gasteiger partial charge in [-0.2, -0.15) is 0 Å². The van der Waals surface area contributed by atoms with Crippen LogP contribution >= 0.6 is 11.6 Å². The Balaban J connectivity index is 1.87. The number of benzene rings is 1. The Morgan fingerprint density at radius 3 is 2.40 bits per heavy atom. The zero-order valence-corrected chi connectivity index (χ0v) is 15.9. The molecule has 1 saturated heterocycles. The number of anilines is 1. The van der Waals surface area contributed by atoms with E-state index in [-0.39, 0.29) is 17.9 Å². The molecule has 1 fully saturated rings. The number of carbonyl (C=O) groups is 2.